The minimum atomic E-state index is 0. The van der Waals surface area contributed by atoms with Gasteiger partial charge in [-0.3, -0.25) is 0 Å². The van der Waals surface area contributed by atoms with Crippen LogP contribution in [0.15, 0.2) is 24.3 Å². The summed E-state index contributed by atoms with van der Waals surface area (Å²) < 4.78 is 0. The van der Waals surface area contributed by atoms with Crippen molar-refractivity contribution in [1.82, 2.24) is 0 Å². The van der Waals surface area contributed by atoms with Crippen LogP contribution in [0, 0.1) is 6.92 Å². The summed E-state index contributed by atoms with van der Waals surface area (Å²) in [7, 11) is 0. The summed E-state index contributed by atoms with van der Waals surface area (Å²) in [6.07, 6.45) is 3.54. The largest absolute Gasteiger partial charge is 0.324 e. The molecule has 0 saturated carbocycles. The molecular formula is C12H20ClN. The van der Waals surface area contributed by atoms with Gasteiger partial charge in [-0.1, -0.05) is 49.6 Å². The Labute approximate surface area is 93.1 Å². The molecule has 2 heteroatoms. The summed E-state index contributed by atoms with van der Waals surface area (Å²) in [6, 6.07) is 8.74. The molecule has 1 atom stereocenters. The van der Waals surface area contributed by atoms with E-state index in [-0.39, 0.29) is 18.4 Å². The van der Waals surface area contributed by atoms with Crippen LogP contribution >= 0.6 is 12.4 Å². The molecule has 1 aromatic carbocycles. The fourth-order valence-corrected chi connectivity index (χ4v) is 1.40. The van der Waals surface area contributed by atoms with Crippen molar-refractivity contribution in [2.75, 3.05) is 0 Å². The number of hydrogen-bond acceptors (Lipinski definition) is 1. The Kier molecular flexibility index (Phi) is 6.60. The third kappa shape index (κ3) is 4.12. The van der Waals surface area contributed by atoms with E-state index in [0.717, 1.165) is 6.42 Å². The van der Waals surface area contributed by atoms with Gasteiger partial charge < -0.3 is 5.73 Å². The van der Waals surface area contributed by atoms with Crippen LogP contribution in [0.1, 0.15) is 43.4 Å². The van der Waals surface area contributed by atoms with Crippen molar-refractivity contribution in [2.24, 2.45) is 5.73 Å². The smallest absolute Gasteiger partial charge is 0.0294 e. The molecule has 0 aliphatic heterocycles. The first-order valence-corrected chi connectivity index (χ1v) is 5.06. The minimum Gasteiger partial charge on any atom is -0.324 e. The van der Waals surface area contributed by atoms with Gasteiger partial charge in [-0.15, -0.1) is 12.4 Å². The molecule has 1 rings (SSSR count). The normalized spacial score (nSPS) is 11.9. The fraction of sp³-hybridized carbons (Fsp3) is 0.500. The van der Waals surface area contributed by atoms with Crippen LogP contribution in [-0.4, -0.2) is 0 Å². The zero-order valence-electron chi connectivity index (χ0n) is 8.99. The van der Waals surface area contributed by atoms with Crippen LogP contribution in [0.25, 0.3) is 0 Å². The highest BCUT2D eigenvalue weighted by Crippen LogP contribution is 2.16. The molecule has 2 N–H and O–H groups in total. The number of aryl methyl sites for hydroxylation is 1. The SMILES string of the molecule is CCCC[C@H](N)c1ccc(C)cc1.Cl. The van der Waals surface area contributed by atoms with E-state index >= 15 is 0 Å². The predicted octanol–water partition coefficient (Wildman–Crippen LogP) is 3.61. The quantitative estimate of drug-likeness (QED) is 0.813. The van der Waals surface area contributed by atoms with Crippen molar-refractivity contribution in [1.29, 1.82) is 0 Å². The van der Waals surface area contributed by atoms with Crippen LogP contribution in [-0.2, 0) is 0 Å². The Bertz CT molecular complexity index is 243. The first-order chi connectivity index (χ1) is 6.24. The first kappa shape index (κ1) is 13.5. The molecule has 0 fully saturated rings. The van der Waals surface area contributed by atoms with Gasteiger partial charge >= 0.3 is 0 Å². The molecule has 14 heavy (non-hydrogen) atoms. The molecule has 0 aliphatic carbocycles. The highest BCUT2D eigenvalue weighted by atomic mass is 35.5. The Morgan fingerprint density at radius 1 is 1.21 bits per heavy atom. The van der Waals surface area contributed by atoms with E-state index in [1.165, 1.54) is 24.0 Å². The van der Waals surface area contributed by atoms with Crippen molar-refractivity contribution in [3.63, 3.8) is 0 Å². The predicted molar refractivity (Wildman–Crippen MR) is 64.9 cm³/mol. The highest BCUT2D eigenvalue weighted by Gasteiger charge is 2.03. The van der Waals surface area contributed by atoms with Crippen LogP contribution in [0.2, 0.25) is 0 Å². The van der Waals surface area contributed by atoms with Crippen molar-refractivity contribution in [3.05, 3.63) is 35.4 Å². The van der Waals surface area contributed by atoms with Crippen LogP contribution < -0.4 is 5.73 Å². The van der Waals surface area contributed by atoms with Gasteiger partial charge in [-0.2, -0.15) is 0 Å². The van der Waals surface area contributed by atoms with Gasteiger partial charge in [0.25, 0.3) is 0 Å². The molecule has 80 valence electrons. The Morgan fingerprint density at radius 2 is 1.79 bits per heavy atom. The van der Waals surface area contributed by atoms with E-state index in [2.05, 4.69) is 38.1 Å². The van der Waals surface area contributed by atoms with Crippen molar-refractivity contribution in [2.45, 2.75) is 39.2 Å². The van der Waals surface area contributed by atoms with Crippen LogP contribution in [0.3, 0.4) is 0 Å². The maximum atomic E-state index is 6.03. The number of rotatable bonds is 4. The lowest BCUT2D eigenvalue weighted by Gasteiger charge is -2.11. The molecule has 1 aromatic rings. The molecule has 0 saturated heterocycles. The summed E-state index contributed by atoms with van der Waals surface area (Å²) in [5, 5.41) is 0. The van der Waals surface area contributed by atoms with E-state index in [1.807, 2.05) is 0 Å². The number of hydrogen-bond donors (Lipinski definition) is 1. The first-order valence-electron chi connectivity index (χ1n) is 5.06. The van der Waals surface area contributed by atoms with Gasteiger partial charge in [0.1, 0.15) is 0 Å². The van der Waals surface area contributed by atoms with Gasteiger partial charge in [-0.05, 0) is 18.9 Å². The monoisotopic (exact) mass is 213 g/mol. The second-order valence-corrected chi connectivity index (χ2v) is 3.66. The Balaban J connectivity index is 0.00000169. The summed E-state index contributed by atoms with van der Waals surface area (Å²) >= 11 is 0. The van der Waals surface area contributed by atoms with E-state index in [1.54, 1.807) is 0 Å². The molecule has 0 heterocycles. The maximum absolute atomic E-state index is 6.03. The van der Waals surface area contributed by atoms with Gasteiger partial charge in [-0.25, -0.2) is 0 Å². The number of halogens is 1. The molecule has 0 unspecified atom stereocenters. The lowest BCUT2D eigenvalue weighted by atomic mass is 10.0. The third-order valence-electron chi connectivity index (χ3n) is 2.37. The summed E-state index contributed by atoms with van der Waals surface area (Å²) in [4.78, 5) is 0. The zero-order chi connectivity index (χ0) is 9.68. The van der Waals surface area contributed by atoms with Crippen molar-refractivity contribution >= 4 is 12.4 Å². The Hall–Kier alpha value is -0.530. The lowest BCUT2D eigenvalue weighted by molar-refractivity contribution is 0.603. The molecule has 0 spiro atoms. The Morgan fingerprint density at radius 3 is 2.29 bits per heavy atom. The molecule has 1 nitrogen and oxygen atoms in total. The number of unbranched alkanes of at least 4 members (excludes halogenated alkanes) is 1. The molecule has 0 bridgehead atoms. The topological polar surface area (TPSA) is 26.0 Å². The molecule has 0 aromatic heterocycles. The van der Waals surface area contributed by atoms with Crippen molar-refractivity contribution in [3.8, 4) is 0 Å². The average Bonchev–Trinajstić information content (AvgIpc) is 2.15. The fourth-order valence-electron chi connectivity index (χ4n) is 1.40. The number of benzene rings is 1. The van der Waals surface area contributed by atoms with Crippen LogP contribution in [0.4, 0.5) is 0 Å². The number of nitrogens with two attached hydrogens (primary N) is 1. The second kappa shape index (κ2) is 6.86. The maximum Gasteiger partial charge on any atom is 0.0294 e. The summed E-state index contributed by atoms with van der Waals surface area (Å²) in [5.41, 5.74) is 8.59. The zero-order valence-corrected chi connectivity index (χ0v) is 9.81. The lowest BCUT2D eigenvalue weighted by Crippen LogP contribution is -2.09. The van der Waals surface area contributed by atoms with Crippen LogP contribution in [0.5, 0.6) is 0 Å². The minimum absolute atomic E-state index is 0. The van der Waals surface area contributed by atoms with Crippen molar-refractivity contribution < 1.29 is 0 Å². The molecule has 0 radical (unpaired) electrons. The second-order valence-electron chi connectivity index (χ2n) is 3.66. The van der Waals surface area contributed by atoms with Gasteiger partial charge in [0, 0.05) is 6.04 Å². The van der Waals surface area contributed by atoms with Gasteiger partial charge in [0.05, 0.1) is 0 Å². The molecule has 0 amide bonds. The van der Waals surface area contributed by atoms with E-state index in [0.29, 0.717) is 0 Å². The average molecular weight is 214 g/mol. The molecular weight excluding hydrogens is 194 g/mol. The third-order valence-corrected chi connectivity index (χ3v) is 2.37. The van der Waals surface area contributed by atoms with Gasteiger partial charge in [0.15, 0.2) is 0 Å². The van der Waals surface area contributed by atoms with E-state index in [9.17, 15) is 0 Å². The van der Waals surface area contributed by atoms with E-state index < -0.39 is 0 Å². The highest BCUT2D eigenvalue weighted by molar-refractivity contribution is 5.85. The summed E-state index contributed by atoms with van der Waals surface area (Å²) in [5.74, 6) is 0. The molecule has 0 aliphatic rings. The van der Waals surface area contributed by atoms with E-state index in [4.69, 9.17) is 5.73 Å². The summed E-state index contributed by atoms with van der Waals surface area (Å²) in [6.45, 7) is 4.29. The van der Waals surface area contributed by atoms with Gasteiger partial charge in [0.2, 0.25) is 0 Å². The standard InChI is InChI=1S/C12H19N.ClH/c1-3-4-5-12(13)11-8-6-10(2)7-9-11;/h6-9,12H,3-5,13H2,1-2H3;1H/t12-;/m0./s1.